The zero-order valence-electron chi connectivity index (χ0n) is 47.0. The van der Waals surface area contributed by atoms with E-state index in [1.54, 1.807) is 0 Å². The Hall–Kier alpha value is -2.40. The Balaban J connectivity index is 4.29. The summed E-state index contributed by atoms with van der Waals surface area (Å²) in [5.41, 5.74) is 0. The molecule has 0 amide bonds. The van der Waals surface area contributed by atoms with E-state index in [0.717, 1.165) is 70.6 Å². The molecule has 0 aromatic carbocycles. The van der Waals surface area contributed by atoms with Gasteiger partial charge in [0.15, 0.2) is 0 Å². The number of carbonyl (C=O) groups is 2. The third kappa shape index (κ3) is 58.2. The Morgan fingerprint density at radius 3 is 0.900 bits per heavy atom. The molecule has 0 aliphatic rings. The van der Waals surface area contributed by atoms with Crippen LogP contribution in [0.2, 0.25) is 0 Å². The SMILES string of the molecule is CCCCC/C=C\C/C=C\C/C=C\C/C=C\CCCCCC(=O)OC[C@H](COC(=O)CCCCCCCCCCC/C=C\CCCCCCCC)OCCCCCCCCCCCCCCCCCC. The molecule has 0 saturated carbocycles. The first-order chi connectivity index (χ1) is 34.6. The molecule has 0 aliphatic carbocycles. The van der Waals surface area contributed by atoms with E-state index in [9.17, 15) is 9.59 Å². The van der Waals surface area contributed by atoms with Crippen molar-refractivity contribution >= 4 is 11.9 Å². The van der Waals surface area contributed by atoms with Gasteiger partial charge in [0.25, 0.3) is 0 Å². The van der Waals surface area contributed by atoms with E-state index < -0.39 is 6.10 Å². The summed E-state index contributed by atoms with van der Waals surface area (Å²) >= 11 is 0. The topological polar surface area (TPSA) is 61.8 Å². The molecule has 0 rings (SSSR count). The lowest BCUT2D eigenvalue weighted by atomic mass is 10.0. The third-order valence-corrected chi connectivity index (χ3v) is 13.6. The predicted molar refractivity (Wildman–Crippen MR) is 307 cm³/mol. The van der Waals surface area contributed by atoms with Crippen molar-refractivity contribution in [3.63, 3.8) is 0 Å². The molecule has 408 valence electrons. The molecular weight excluding hydrogens is 861 g/mol. The highest BCUT2D eigenvalue weighted by Gasteiger charge is 2.16. The van der Waals surface area contributed by atoms with Crippen LogP contribution in [0.1, 0.15) is 316 Å². The molecule has 5 heteroatoms. The average Bonchev–Trinajstić information content (AvgIpc) is 3.36. The van der Waals surface area contributed by atoms with Gasteiger partial charge in [-0.1, -0.05) is 274 Å². The Morgan fingerprint density at radius 1 is 0.300 bits per heavy atom. The van der Waals surface area contributed by atoms with Gasteiger partial charge in [0, 0.05) is 19.4 Å². The van der Waals surface area contributed by atoms with Gasteiger partial charge in [0.05, 0.1) is 0 Å². The first-order valence-corrected chi connectivity index (χ1v) is 30.8. The van der Waals surface area contributed by atoms with Gasteiger partial charge in [0.2, 0.25) is 0 Å². The second-order valence-electron chi connectivity index (χ2n) is 20.6. The van der Waals surface area contributed by atoms with Crippen LogP contribution in [0.4, 0.5) is 0 Å². The van der Waals surface area contributed by atoms with Gasteiger partial charge in [-0.15, -0.1) is 0 Å². The molecule has 70 heavy (non-hydrogen) atoms. The molecule has 0 bridgehead atoms. The quantitative estimate of drug-likeness (QED) is 0.0345. The van der Waals surface area contributed by atoms with E-state index in [2.05, 4.69) is 81.5 Å². The maximum atomic E-state index is 12.7. The number of esters is 2. The van der Waals surface area contributed by atoms with Crippen LogP contribution < -0.4 is 0 Å². The lowest BCUT2D eigenvalue weighted by molar-refractivity contribution is -0.155. The fourth-order valence-electron chi connectivity index (χ4n) is 8.88. The second kappa shape index (κ2) is 60.9. The zero-order chi connectivity index (χ0) is 50.6. The van der Waals surface area contributed by atoms with Gasteiger partial charge in [-0.3, -0.25) is 9.59 Å². The van der Waals surface area contributed by atoms with Gasteiger partial charge in [0.1, 0.15) is 19.3 Å². The molecule has 0 unspecified atom stereocenters. The van der Waals surface area contributed by atoms with E-state index in [0.29, 0.717) is 19.4 Å². The van der Waals surface area contributed by atoms with Crippen molar-refractivity contribution in [2.45, 2.75) is 322 Å². The van der Waals surface area contributed by atoms with Crippen LogP contribution in [0.15, 0.2) is 60.8 Å². The first kappa shape index (κ1) is 67.6. The lowest BCUT2D eigenvalue weighted by Gasteiger charge is -2.18. The zero-order valence-corrected chi connectivity index (χ0v) is 47.0. The number of ether oxygens (including phenoxy) is 3. The summed E-state index contributed by atoms with van der Waals surface area (Å²) in [5, 5.41) is 0. The summed E-state index contributed by atoms with van der Waals surface area (Å²) in [6.45, 7) is 7.71. The van der Waals surface area contributed by atoms with Crippen LogP contribution in [0.5, 0.6) is 0 Å². The van der Waals surface area contributed by atoms with Crippen molar-refractivity contribution in [2.24, 2.45) is 0 Å². The highest BCUT2D eigenvalue weighted by molar-refractivity contribution is 5.69. The Morgan fingerprint density at radius 2 is 0.543 bits per heavy atom. The van der Waals surface area contributed by atoms with E-state index in [-0.39, 0.29) is 25.2 Å². The largest absolute Gasteiger partial charge is 0.463 e. The number of hydrogen-bond acceptors (Lipinski definition) is 5. The normalized spacial score (nSPS) is 12.6. The summed E-state index contributed by atoms with van der Waals surface area (Å²) < 4.78 is 17.5. The van der Waals surface area contributed by atoms with Crippen molar-refractivity contribution in [2.75, 3.05) is 19.8 Å². The van der Waals surface area contributed by atoms with E-state index in [4.69, 9.17) is 14.2 Å². The molecule has 5 nitrogen and oxygen atoms in total. The highest BCUT2D eigenvalue weighted by Crippen LogP contribution is 2.16. The van der Waals surface area contributed by atoms with Gasteiger partial charge in [-0.2, -0.15) is 0 Å². The fraction of sp³-hybridized carbons (Fsp3) is 0.815. The fourth-order valence-corrected chi connectivity index (χ4v) is 8.88. The third-order valence-electron chi connectivity index (χ3n) is 13.6. The summed E-state index contributed by atoms with van der Waals surface area (Å²) in [5.74, 6) is -0.358. The van der Waals surface area contributed by atoms with Crippen molar-refractivity contribution in [3.05, 3.63) is 60.8 Å². The molecule has 0 N–H and O–H groups in total. The van der Waals surface area contributed by atoms with Gasteiger partial charge in [-0.05, 0) is 89.9 Å². The number of carbonyl (C=O) groups excluding carboxylic acids is 2. The highest BCUT2D eigenvalue weighted by atomic mass is 16.6. The minimum atomic E-state index is -0.414. The molecule has 0 aromatic rings. The van der Waals surface area contributed by atoms with E-state index in [1.165, 1.54) is 212 Å². The van der Waals surface area contributed by atoms with Crippen LogP contribution in [0.3, 0.4) is 0 Å². The van der Waals surface area contributed by atoms with Gasteiger partial charge < -0.3 is 14.2 Å². The van der Waals surface area contributed by atoms with Crippen molar-refractivity contribution < 1.29 is 23.8 Å². The minimum absolute atomic E-state index is 0.142. The van der Waals surface area contributed by atoms with Gasteiger partial charge in [-0.25, -0.2) is 0 Å². The standard InChI is InChI=1S/C65H118O5/c1-4-7-10-13-16-19-22-25-28-31-33-35-37-40-43-46-49-52-55-58-64(66)69-61-63(68-60-57-54-51-48-45-42-39-30-27-24-21-18-15-12-9-6-3)62-70-65(67)59-56-53-50-47-44-41-38-36-34-32-29-26-23-20-17-14-11-8-5-2/h16,19,25-26,28-29,33,35,40,43,63H,4-15,17-18,20-24,27,30-32,34,36-39,41-42,44-62H2,1-3H3/b19-16-,28-25-,29-26-,35-33-,43-40-/t63-/m1/s1. The number of rotatable bonds is 57. The molecule has 0 heterocycles. The summed E-state index contributed by atoms with van der Waals surface area (Å²) in [4.78, 5) is 25.4. The maximum Gasteiger partial charge on any atom is 0.305 e. The van der Waals surface area contributed by atoms with Crippen molar-refractivity contribution in [1.29, 1.82) is 0 Å². The van der Waals surface area contributed by atoms with Crippen LogP contribution in [-0.2, 0) is 23.8 Å². The molecule has 0 saturated heterocycles. The molecule has 0 fully saturated rings. The van der Waals surface area contributed by atoms with Gasteiger partial charge >= 0.3 is 11.9 Å². The van der Waals surface area contributed by atoms with Crippen LogP contribution >= 0.6 is 0 Å². The Labute approximate surface area is 436 Å². The number of hydrogen-bond donors (Lipinski definition) is 0. The van der Waals surface area contributed by atoms with E-state index >= 15 is 0 Å². The number of unbranched alkanes of at least 4 members (excludes halogenated alkanes) is 36. The summed E-state index contributed by atoms with van der Waals surface area (Å²) in [7, 11) is 0. The van der Waals surface area contributed by atoms with Crippen LogP contribution in [0, 0.1) is 0 Å². The molecule has 0 radical (unpaired) electrons. The maximum absolute atomic E-state index is 12.7. The second-order valence-corrected chi connectivity index (χ2v) is 20.6. The minimum Gasteiger partial charge on any atom is -0.463 e. The molecule has 0 aromatic heterocycles. The summed E-state index contributed by atoms with van der Waals surface area (Å²) in [6, 6.07) is 0. The van der Waals surface area contributed by atoms with Crippen molar-refractivity contribution in [1.82, 2.24) is 0 Å². The number of allylic oxidation sites excluding steroid dienone is 10. The lowest BCUT2D eigenvalue weighted by Crippen LogP contribution is -2.29. The smallest absolute Gasteiger partial charge is 0.305 e. The van der Waals surface area contributed by atoms with Crippen LogP contribution in [0.25, 0.3) is 0 Å². The predicted octanol–water partition coefficient (Wildman–Crippen LogP) is 21.2. The molecular formula is C65H118O5. The molecule has 0 aliphatic heterocycles. The van der Waals surface area contributed by atoms with Crippen LogP contribution in [-0.4, -0.2) is 37.9 Å². The Kier molecular flexibility index (Phi) is 58.8. The molecule has 0 spiro atoms. The Bertz CT molecular complexity index is 1200. The summed E-state index contributed by atoms with van der Waals surface area (Å²) in [6.07, 6.45) is 78.4. The first-order valence-electron chi connectivity index (χ1n) is 30.8. The average molecular weight is 980 g/mol. The molecule has 1 atom stereocenters. The monoisotopic (exact) mass is 979 g/mol. The van der Waals surface area contributed by atoms with E-state index in [1.807, 2.05) is 0 Å². The van der Waals surface area contributed by atoms with Crippen molar-refractivity contribution in [3.8, 4) is 0 Å².